The lowest BCUT2D eigenvalue weighted by Gasteiger charge is -2.12. The third kappa shape index (κ3) is 9.73. The number of methoxy groups -OCH3 is 1. The van der Waals surface area contributed by atoms with Crippen LogP contribution in [0.5, 0.6) is 11.5 Å². The minimum absolute atomic E-state index is 0. The Morgan fingerprint density at radius 2 is 1.66 bits per heavy atom. The zero-order chi connectivity index (χ0) is 20.4. The second kappa shape index (κ2) is 12.4. The average Bonchev–Trinajstić information content (AvgIpc) is 2.68. The van der Waals surface area contributed by atoms with Gasteiger partial charge in [-0.2, -0.15) is 13.2 Å². The molecule has 0 saturated carbocycles. The van der Waals surface area contributed by atoms with Gasteiger partial charge >= 0.3 is 6.18 Å². The molecule has 5 nitrogen and oxygen atoms in total. The molecule has 9 heteroatoms. The first-order valence-corrected chi connectivity index (χ1v) is 8.83. The lowest BCUT2D eigenvalue weighted by atomic mass is 10.2. The van der Waals surface area contributed by atoms with Crippen LogP contribution in [-0.4, -0.2) is 32.4 Å². The molecule has 0 atom stereocenters. The maximum Gasteiger partial charge on any atom is 0.422 e. The number of halogens is 4. The number of alkyl halides is 3. The first-order valence-electron chi connectivity index (χ1n) is 8.83. The molecule has 0 bridgehead atoms. The van der Waals surface area contributed by atoms with E-state index in [1.54, 1.807) is 25.3 Å². The highest BCUT2D eigenvalue weighted by molar-refractivity contribution is 14.0. The minimum atomic E-state index is -4.36. The Kier molecular flexibility index (Phi) is 10.6. The second-order valence-electron chi connectivity index (χ2n) is 5.95. The Bertz CT molecular complexity index is 786. The van der Waals surface area contributed by atoms with Crippen molar-refractivity contribution >= 4 is 29.9 Å². The van der Waals surface area contributed by atoms with Crippen LogP contribution >= 0.6 is 24.0 Å². The molecule has 0 amide bonds. The molecule has 160 valence electrons. The van der Waals surface area contributed by atoms with Crippen molar-refractivity contribution in [2.24, 2.45) is 4.99 Å². The van der Waals surface area contributed by atoms with Crippen molar-refractivity contribution in [2.75, 3.05) is 20.3 Å². The summed E-state index contributed by atoms with van der Waals surface area (Å²) in [4.78, 5) is 4.48. The Balaban J connectivity index is 0.00000420. The smallest absolute Gasteiger partial charge is 0.422 e. The number of guanidine groups is 1. The van der Waals surface area contributed by atoms with E-state index in [2.05, 4.69) is 15.6 Å². The van der Waals surface area contributed by atoms with Gasteiger partial charge in [-0.05, 0) is 42.3 Å². The summed E-state index contributed by atoms with van der Waals surface area (Å²) in [5.74, 6) is 1.54. The second-order valence-corrected chi connectivity index (χ2v) is 5.95. The highest BCUT2D eigenvalue weighted by Gasteiger charge is 2.28. The van der Waals surface area contributed by atoms with Crippen LogP contribution in [0.25, 0.3) is 0 Å². The molecule has 0 aliphatic heterocycles. The van der Waals surface area contributed by atoms with E-state index >= 15 is 0 Å². The Hall–Kier alpha value is -2.17. The molecule has 0 aliphatic carbocycles. The van der Waals surface area contributed by atoms with Gasteiger partial charge in [0.15, 0.2) is 12.6 Å². The monoisotopic (exact) mass is 523 g/mol. The van der Waals surface area contributed by atoms with Gasteiger partial charge < -0.3 is 20.1 Å². The van der Waals surface area contributed by atoms with Crippen LogP contribution in [0.2, 0.25) is 0 Å². The van der Waals surface area contributed by atoms with Gasteiger partial charge in [0.05, 0.1) is 13.7 Å². The van der Waals surface area contributed by atoms with E-state index in [9.17, 15) is 13.2 Å². The molecule has 2 rings (SSSR count). The SMILES string of the molecule is CCNC(=NCc1cccc(OCC(F)(F)F)c1)NCc1cccc(OC)c1.I. The van der Waals surface area contributed by atoms with Gasteiger partial charge in [-0.3, -0.25) is 0 Å². The summed E-state index contributed by atoms with van der Waals surface area (Å²) in [5, 5.41) is 6.36. The summed E-state index contributed by atoms with van der Waals surface area (Å²) < 4.78 is 46.8. The van der Waals surface area contributed by atoms with E-state index in [1.165, 1.54) is 6.07 Å². The largest absolute Gasteiger partial charge is 0.497 e. The predicted octanol–water partition coefficient (Wildman–Crippen LogP) is 4.51. The van der Waals surface area contributed by atoms with Crippen molar-refractivity contribution in [1.82, 2.24) is 10.6 Å². The number of nitrogens with zero attached hydrogens (tertiary/aromatic N) is 1. The van der Waals surface area contributed by atoms with Crippen LogP contribution in [0.1, 0.15) is 18.1 Å². The van der Waals surface area contributed by atoms with Gasteiger partial charge in [-0.25, -0.2) is 4.99 Å². The fraction of sp³-hybridized carbons (Fsp3) is 0.350. The van der Waals surface area contributed by atoms with Gasteiger partial charge in [-0.15, -0.1) is 24.0 Å². The average molecular weight is 523 g/mol. The van der Waals surface area contributed by atoms with Crippen molar-refractivity contribution in [1.29, 1.82) is 0 Å². The number of hydrogen-bond acceptors (Lipinski definition) is 3. The number of ether oxygens (including phenoxy) is 2. The normalized spacial score (nSPS) is 11.4. The molecule has 2 N–H and O–H groups in total. The summed E-state index contributed by atoms with van der Waals surface area (Å²) in [6, 6.07) is 14.2. The number of nitrogens with one attached hydrogen (secondary N) is 2. The Labute approximate surface area is 185 Å². The molecule has 0 heterocycles. The zero-order valence-corrected chi connectivity index (χ0v) is 18.6. The van der Waals surface area contributed by atoms with Crippen LogP contribution in [0, 0.1) is 0 Å². The molecule has 29 heavy (non-hydrogen) atoms. The third-order valence-electron chi connectivity index (χ3n) is 3.66. The lowest BCUT2D eigenvalue weighted by molar-refractivity contribution is -0.153. The van der Waals surface area contributed by atoms with Gasteiger partial charge in [0.1, 0.15) is 11.5 Å². The molecule has 0 saturated heterocycles. The summed E-state index contributed by atoms with van der Waals surface area (Å²) in [6.45, 7) is 2.17. The fourth-order valence-corrected chi connectivity index (χ4v) is 2.38. The van der Waals surface area contributed by atoms with E-state index in [0.717, 1.165) is 16.9 Å². The first kappa shape index (κ1) is 24.9. The van der Waals surface area contributed by atoms with Gasteiger partial charge in [0.2, 0.25) is 0 Å². The van der Waals surface area contributed by atoms with Crippen LogP contribution in [0.4, 0.5) is 13.2 Å². The zero-order valence-electron chi connectivity index (χ0n) is 16.3. The van der Waals surface area contributed by atoms with E-state index in [4.69, 9.17) is 9.47 Å². The van der Waals surface area contributed by atoms with Crippen LogP contribution in [0.3, 0.4) is 0 Å². The summed E-state index contributed by atoms with van der Waals surface area (Å²) in [7, 11) is 1.62. The number of benzene rings is 2. The van der Waals surface area contributed by atoms with E-state index < -0.39 is 12.8 Å². The van der Waals surface area contributed by atoms with Crippen molar-refractivity contribution in [2.45, 2.75) is 26.2 Å². The van der Waals surface area contributed by atoms with E-state index in [0.29, 0.717) is 25.6 Å². The van der Waals surface area contributed by atoms with Crippen molar-refractivity contribution < 1.29 is 22.6 Å². The van der Waals surface area contributed by atoms with Gasteiger partial charge in [-0.1, -0.05) is 24.3 Å². The number of aliphatic imine (C=N–C) groups is 1. The van der Waals surface area contributed by atoms with Crippen molar-refractivity contribution in [3.63, 3.8) is 0 Å². The molecule has 2 aromatic carbocycles. The molecule has 0 fully saturated rings. The summed E-state index contributed by atoms with van der Waals surface area (Å²) in [6.07, 6.45) is -4.36. The first-order chi connectivity index (χ1) is 13.4. The van der Waals surface area contributed by atoms with E-state index in [1.807, 2.05) is 31.2 Å². The third-order valence-corrected chi connectivity index (χ3v) is 3.66. The minimum Gasteiger partial charge on any atom is -0.497 e. The highest BCUT2D eigenvalue weighted by Crippen LogP contribution is 2.19. The topological polar surface area (TPSA) is 54.9 Å². The summed E-state index contributed by atoms with van der Waals surface area (Å²) >= 11 is 0. The van der Waals surface area contributed by atoms with Crippen LogP contribution in [-0.2, 0) is 13.1 Å². The molecule has 2 aromatic rings. The van der Waals surface area contributed by atoms with Crippen LogP contribution < -0.4 is 20.1 Å². The van der Waals surface area contributed by atoms with Gasteiger partial charge in [0.25, 0.3) is 0 Å². The number of rotatable bonds is 8. The van der Waals surface area contributed by atoms with E-state index in [-0.39, 0.29) is 29.7 Å². The maximum atomic E-state index is 12.3. The molecule has 0 aliphatic rings. The molecular formula is C20H25F3IN3O2. The quantitative estimate of drug-likeness (QED) is 0.304. The van der Waals surface area contributed by atoms with Crippen molar-refractivity contribution in [3.05, 3.63) is 59.7 Å². The summed E-state index contributed by atoms with van der Waals surface area (Å²) in [5.41, 5.74) is 1.78. The molecular weight excluding hydrogens is 498 g/mol. The predicted molar refractivity (Wildman–Crippen MR) is 118 cm³/mol. The Morgan fingerprint density at radius 3 is 2.31 bits per heavy atom. The maximum absolute atomic E-state index is 12.3. The van der Waals surface area contributed by atoms with Gasteiger partial charge in [0, 0.05) is 13.1 Å². The fourth-order valence-electron chi connectivity index (χ4n) is 2.38. The molecule has 0 radical (unpaired) electrons. The standard InChI is InChI=1S/C20H24F3N3O2.HI/c1-3-24-19(25-12-15-6-4-8-17(10-15)27-2)26-13-16-7-5-9-18(11-16)28-14-20(21,22)23;/h4-11H,3,12-14H2,1-2H3,(H2,24,25,26);1H. The lowest BCUT2D eigenvalue weighted by Crippen LogP contribution is -2.36. The van der Waals surface area contributed by atoms with Crippen LogP contribution in [0.15, 0.2) is 53.5 Å². The molecule has 0 spiro atoms. The number of hydrogen-bond donors (Lipinski definition) is 2. The van der Waals surface area contributed by atoms with Crippen molar-refractivity contribution in [3.8, 4) is 11.5 Å². The molecule has 0 unspecified atom stereocenters. The molecule has 0 aromatic heterocycles. The Morgan fingerprint density at radius 1 is 1.00 bits per heavy atom. The highest BCUT2D eigenvalue weighted by atomic mass is 127.